The van der Waals surface area contributed by atoms with Gasteiger partial charge in [0.05, 0.1) is 6.67 Å². The van der Waals surface area contributed by atoms with E-state index in [0.717, 1.165) is 4.90 Å². The summed E-state index contributed by atoms with van der Waals surface area (Å²) in [4.78, 5) is 13.5. The quantitative estimate of drug-likeness (QED) is 0.646. The minimum atomic E-state index is -4.45. The summed E-state index contributed by atoms with van der Waals surface area (Å²) in [6.45, 7) is 2.11. The first-order valence-electron chi connectivity index (χ1n) is 4.15. The second kappa shape index (κ2) is 3.51. The van der Waals surface area contributed by atoms with Crippen molar-refractivity contribution in [3.8, 4) is 0 Å². The number of likely N-dealkylation sites (N-methyl/N-ethyl adjacent to an activating group) is 1. The highest BCUT2D eigenvalue weighted by Gasteiger charge is 2.39. The van der Waals surface area contributed by atoms with Gasteiger partial charge in [0.15, 0.2) is 0 Å². The summed E-state index contributed by atoms with van der Waals surface area (Å²) in [5, 5.41) is 0. The average Bonchev–Trinajstić information content (AvgIpc) is 2.06. The molecule has 0 N–H and O–H groups in total. The van der Waals surface area contributed by atoms with E-state index < -0.39 is 17.8 Å². The van der Waals surface area contributed by atoms with Crippen LogP contribution in [-0.4, -0.2) is 42.1 Å². The molecule has 0 aromatic heterocycles. The van der Waals surface area contributed by atoms with Crippen molar-refractivity contribution in [2.24, 2.45) is 0 Å². The molecular weight excluding hydrogens is 197 g/mol. The lowest BCUT2D eigenvalue weighted by molar-refractivity contribution is -0.138. The standard InChI is InChI=1S/C8H11F3N2O/c1-3-13-5-12(2)6(4-7(13)14)8(9,10)11/h4H,3,5H2,1-2H3. The van der Waals surface area contributed by atoms with Gasteiger partial charge in [0.2, 0.25) is 5.91 Å². The first-order chi connectivity index (χ1) is 6.36. The summed E-state index contributed by atoms with van der Waals surface area (Å²) in [5.41, 5.74) is -0.882. The molecule has 0 aromatic rings. The second-order valence-electron chi connectivity index (χ2n) is 3.06. The minimum absolute atomic E-state index is 0.0132. The van der Waals surface area contributed by atoms with Gasteiger partial charge >= 0.3 is 6.18 Å². The van der Waals surface area contributed by atoms with Crippen molar-refractivity contribution < 1.29 is 18.0 Å². The van der Waals surface area contributed by atoms with E-state index in [1.807, 2.05) is 0 Å². The zero-order chi connectivity index (χ0) is 10.9. The number of nitrogens with zero attached hydrogens (tertiary/aromatic N) is 2. The molecule has 80 valence electrons. The van der Waals surface area contributed by atoms with E-state index in [-0.39, 0.29) is 6.67 Å². The first kappa shape index (κ1) is 10.9. The van der Waals surface area contributed by atoms with Gasteiger partial charge in [0.1, 0.15) is 5.70 Å². The molecule has 0 saturated carbocycles. The molecule has 0 aromatic carbocycles. The molecular formula is C8H11F3N2O. The molecule has 0 unspecified atom stereocenters. The lowest BCUT2D eigenvalue weighted by Gasteiger charge is -2.34. The number of carbonyl (C=O) groups is 1. The van der Waals surface area contributed by atoms with Crippen LogP contribution in [0.25, 0.3) is 0 Å². The molecule has 1 heterocycles. The fourth-order valence-electron chi connectivity index (χ4n) is 1.27. The van der Waals surface area contributed by atoms with Gasteiger partial charge in [0, 0.05) is 19.7 Å². The maximum Gasteiger partial charge on any atom is 0.431 e. The van der Waals surface area contributed by atoms with Crippen LogP contribution in [0.2, 0.25) is 0 Å². The molecule has 6 heteroatoms. The van der Waals surface area contributed by atoms with Crippen molar-refractivity contribution >= 4 is 5.91 Å². The number of hydrogen-bond donors (Lipinski definition) is 0. The molecule has 0 saturated heterocycles. The molecule has 0 atom stereocenters. The van der Waals surface area contributed by atoms with Crippen LogP contribution in [0.15, 0.2) is 11.8 Å². The van der Waals surface area contributed by atoms with Gasteiger partial charge in [0.25, 0.3) is 0 Å². The SMILES string of the molecule is CCN1CN(C)C(C(F)(F)F)=CC1=O. The molecule has 0 bridgehead atoms. The van der Waals surface area contributed by atoms with Crippen molar-refractivity contribution in [2.45, 2.75) is 13.1 Å². The molecule has 14 heavy (non-hydrogen) atoms. The predicted molar refractivity (Wildman–Crippen MR) is 44.2 cm³/mol. The monoisotopic (exact) mass is 208 g/mol. The van der Waals surface area contributed by atoms with E-state index >= 15 is 0 Å². The Morgan fingerprint density at radius 2 is 2.07 bits per heavy atom. The first-order valence-corrected chi connectivity index (χ1v) is 4.15. The summed E-state index contributed by atoms with van der Waals surface area (Å²) < 4.78 is 36.9. The van der Waals surface area contributed by atoms with Crippen LogP contribution in [-0.2, 0) is 4.79 Å². The van der Waals surface area contributed by atoms with Crippen molar-refractivity contribution in [1.29, 1.82) is 0 Å². The molecule has 0 aliphatic carbocycles. The summed E-state index contributed by atoms with van der Waals surface area (Å²) >= 11 is 0. The minimum Gasteiger partial charge on any atom is -0.353 e. The van der Waals surface area contributed by atoms with Crippen LogP contribution in [0, 0.1) is 0 Å². The van der Waals surface area contributed by atoms with Crippen molar-refractivity contribution in [3.63, 3.8) is 0 Å². The number of rotatable bonds is 1. The molecule has 1 aliphatic heterocycles. The number of hydrogen-bond acceptors (Lipinski definition) is 2. The molecule has 3 nitrogen and oxygen atoms in total. The van der Waals surface area contributed by atoms with E-state index in [0.29, 0.717) is 12.6 Å². The van der Waals surface area contributed by atoms with Crippen LogP contribution < -0.4 is 0 Å². The molecule has 1 aliphatic rings. The highest BCUT2D eigenvalue weighted by Crippen LogP contribution is 2.29. The van der Waals surface area contributed by atoms with Gasteiger partial charge < -0.3 is 9.80 Å². The van der Waals surface area contributed by atoms with E-state index in [1.165, 1.54) is 11.9 Å². The molecule has 1 rings (SSSR count). The van der Waals surface area contributed by atoms with Gasteiger partial charge in [-0.3, -0.25) is 4.79 Å². The summed E-state index contributed by atoms with van der Waals surface area (Å²) in [6, 6.07) is 0. The summed E-state index contributed by atoms with van der Waals surface area (Å²) in [6.07, 6.45) is -3.82. The fraction of sp³-hybridized carbons (Fsp3) is 0.625. The van der Waals surface area contributed by atoms with Gasteiger partial charge in [-0.1, -0.05) is 0 Å². The normalized spacial score (nSPS) is 18.6. The summed E-state index contributed by atoms with van der Waals surface area (Å²) in [7, 11) is 1.31. The predicted octanol–water partition coefficient (Wildman–Crippen LogP) is 1.18. The largest absolute Gasteiger partial charge is 0.431 e. The van der Waals surface area contributed by atoms with Gasteiger partial charge in [-0.2, -0.15) is 13.2 Å². The number of amides is 1. The van der Waals surface area contributed by atoms with Crippen LogP contribution in [0.5, 0.6) is 0 Å². The average molecular weight is 208 g/mol. The topological polar surface area (TPSA) is 23.6 Å². The van der Waals surface area contributed by atoms with Crippen LogP contribution in [0.4, 0.5) is 13.2 Å². The Hall–Kier alpha value is -1.20. The highest BCUT2D eigenvalue weighted by molar-refractivity contribution is 5.89. The highest BCUT2D eigenvalue weighted by atomic mass is 19.4. The Bertz CT molecular complexity index is 272. The Labute approximate surface area is 79.8 Å². The van der Waals surface area contributed by atoms with Crippen molar-refractivity contribution in [3.05, 3.63) is 11.8 Å². The van der Waals surface area contributed by atoms with E-state index in [4.69, 9.17) is 0 Å². The Morgan fingerprint density at radius 1 is 1.50 bits per heavy atom. The lowest BCUT2D eigenvalue weighted by Crippen LogP contribution is -2.46. The van der Waals surface area contributed by atoms with E-state index in [9.17, 15) is 18.0 Å². The number of allylic oxidation sites excluding steroid dienone is 1. The molecule has 0 fully saturated rings. The van der Waals surface area contributed by atoms with Gasteiger partial charge in [-0.15, -0.1) is 0 Å². The van der Waals surface area contributed by atoms with Crippen molar-refractivity contribution in [1.82, 2.24) is 9.80 Å². The van der Waals surface area contributed by atoms with Crippen LogP contribution >= 0.6 is 0 Å². The van der Waals surface area contributed by atoms with Gasteiger partial charge in [-0.25, -0.2) is 0 Å². The van der Waals surface area contributed by atoms with Crippen LogP contribution in [0.1, 0.15) is 6.92 Å². The Morgan fingerprint density at radius 3 is 2.50 bits per heavy atom. The third-order valence-electron chi connectivity index (χ3n) is 2.04. The third-order valence-corrected chi connectivity index (χ3v) is 2.04. The Balaban J connectivity index is 2.94. The number of carbonyl (C=O) groups excluding carboxylic acids is 1. The summed E-state index contributed by atoms with van der Waals surface area (Å²) in [5.74, 6) is -0.585. The fourth-order valence-corrected chi connectivity index (χ4v) is 1.27. The Kier molecular flexibility index (Phi) is 2.73. The van der Waals surface area contributed by atoms with E-state index in [1.54, 1.807) is 6.92 Å². The molecule has 1 amide bonds. The smallest absolute Gasteiger partial charge is 0.353 e. The van der Waals surface area contributed by atoms with Crippen LogP contribution in [0.3, 0.4) is 0 Å². The lowest BCUT2D eigenvalue weighted by atomic mass is 10.2. The zero-order valence-corrected chi connectivity index (χ0v) is 7.93. The number of halogens is 3. The zero-order valence-electron chi connectivity index (χ0n) is 7.93. The second-order valence-corrected chi connectivity index (χ2v) is 3.06. The third kappa shape index (κ3) is 2.00. The van der Waals surface area contributed by atoms with Gasteiger partial charge in [-0.05, 0) is 6.92 Å². The maximum absolute atomic E-state index is 12.3. The van der Waals surface area contributed by atoms with E-state index in [2.05, 4.69) is 0 Å². The maximum atomic E-state index is 12.3. The number of alkyl halides is 3. The molecule has 0 spiro atoms. The molecule has 0 radical (unpaired) electrons. The van der Waals surface area contributed by atoms with Crippen molar-refractivity contribution in [2.75, 3.05) is 20.3 Å².